The van der Waals surface area contributed by atoms with Crippen molar-refractivity contribution in [3.8, 4) is 5.75 Å². The SMILES string of the molecule is COc1ccc2c(c1)CCC(N)(CO)C2=O. The van der Waals surface area contributed by atoms with Crippen molar-refractivity contribution in [1.82, 2.24) is 0 Å². The number of benzene rings is 1. The number of aryl methyl sites for hydroxylation is 1. The summed E-state index contributed by atoms with van der Waals surface area (Å²) in [5, 5.41) is 9.18. The summed E-state index contributed by atoms with van der Waals surface area (Å²) in [7, 11) is 1.59. The molecule has 0 heterocycles. The monoisotopic (exact) mass is 221 g/mol. The van der Waals surface area contributed by atoms with E-state index in [1.165, 1.54) is 0 Å². The van der Waals surface area contributed by atoms with Crippen LogP contribution in [0, 0.1) is 0 Å². The Kier molecular flexibility index (Phi) is 2.69. The summed E-state index contributed by atoms with van der Waals surface area (Å²) in [6.07, 6.45) is 1.16. The number of hydrogen-bond donors (Lipinski definition) is 2. The highest BCUT2D eigenvalue weighted by Crippen LogP contribution is 2.29. The zero-order valence-electron chi connectivity index (χ0n) is 9.19. The number of Topliss-reactive ketones (excluding diaryl/α,β-unsaturated/α-hetero) is 1. The van der Waals surface area contributed by atoms with E-state index in [-0.39, 0.29) is 12.4 Å². The molecular weight excluding hydrogens is 206 g/mol. The molecule has 3 N–H and O–H groups in total. The summed E-state index contributed by atoms with van der Waals surface area (Å²) in [5.41, 5.74) is 6.29. The van der Waals surface area contributed by atoms with Gasteiger partial charge >= 0.3 is 0 Å². The molecule has 2 rings (SSSR count). The van der Waals surface area contributed by atoms with Crippen molar-refractivity contribution in [1.29, 1.82) is 0 Å². The molecule has 0 aliphatic heterocycles. The third kappa shape index (κ3) is 1.60. The first kappa shape index (κ1) is 11.1. The van der Waals surface area contributed by atoms with Crippen LogP contribution < -0.4 is 10.5 Å². The molecule has 1 atom stereocenters. The average molecular weight is 221 g/mol. The van der Waals surface area contributed by atoms with Gasteiger partial charge in [0, 0.05) is 5.56 Å². The van der Waals surface area contributed by atoms with Crippen LogP contribution in [0.25, 0.3) is 0 Å². The van der Waals surface area contributed by atoms with Crippen LogP contribution in [0.1, 0.15) is 22.3 Å². The number of aliphatic hydroxyl groups excluding tert-OH is 1. The first-order valence-electron chi connectivity index (χ1n) is 5.22. The normalized spacial score (nSPS) is 24.1. The van der Waals surface area contributed by atoms with Crippen LogP contribution in [-0.2, 0) is 6.42 Å². The van der Waals surface area contributed by atoms with Crippen LogP contribution in [0.5, 0.6) is 5.75 Å². The number of carbonyl (C=O) groups is 1. The minimum Gasteiger partial charge on any atom is -0.497 e. The molecule has 0 spiro atoms. The molecule has 1 aromatic carbocycles. The number of carbonyl (C=O) groups excluding carboxylic acids is 1. The molecule has 16 heavy (non-hydrogen) atoms. The maximum Gasteiger partial charge on any atom is 0.185 e. The fourth-order valence-electron chi connectivity index (χ4n) is 2.02. The molecule has 0 radical (unpaired) electrons. The molecule has 1 aliphatic rings. The van der Waals surface area contributed by atoms with Gasteiger partial charge in [0.15, 0.2) is 5.78 Å². The lowest BCUT2D eigenvalue weighted by Gasteiger charge is -2.31. The molecular formula is C12H15NO3. The number of aliphatic hydroxyl groups is 1. The van der Waals surface area contributed by atoms with Gasteiger partial charge in [0.05, 0.1) is 13.7 Å². The van der Waals surface area contributed by atoms with E-state index >= 15 is 0 Å². The average Bonchev–Trinajstić information content (AvgIpc) is 2.33. The topological polar surface area (TPSA) is 72.6 Å². The van der Waals surface area contributed by atoms with Gasteiger partial charge in [-0.15, -0.1) is 0 Å². The van der Waals surface area contributed by atoms with Crippen molar-refractivity contribution in [2.75, 3.05) is 13.7 Å². The smallest absolute Gasteiger partial charge is 0.185 e. The van der Waals surface area contributed by atoms with Crippen molar-refractivity contribution in [2.24, 2.45) is 5.73 Å². The number of methoxy groups -OCH3 is 1. The summed E-state index contributed by atoms with van der Waals surface area (Å²) >= 11 is 0. The molecule has 0 amide bonds. The summed E-state index contributed by atoms with van der Waals surface area (Å²) in [6, 6.07) is 5.30. The Morgan fingerprint density at radius 3 is 2.94 bits per heavy atom. The molecule has 0 aromatic heterocycles. The molecule has 4 heteroatoms. The molecule has 0 saturated heterocycles. The number of ketones is 1. The summed E-state index contributed by atoms with van der Waals surface area (Å²) < 4.78 is 5.10. The minimum absolute atomic E-state index is 0.182. The third-order valence-corrected chi connectivity index (χ3v) is 3.13. The standard InChI is InChI=1S/C12H15NO3/c1-16-9-2-3-10-8(6-9)4-5-12(13,7-14)11(10)15/h2-3,6,14H,4-5,7,13H2,1H3. The molecule has 4 nitrogen and oxygen atoms in total. The van der Waals surface area contributed by atoms with Crippen LogP contribution in [0.4, 0.5) is 0 Å². The van der Waals surface area contributed by atoms with Crippen molar-refractivity contribution in [3.63, 3.8) is 0 Å². The maximum atomic E-state index is 12.0. The number of fused-ring (bicyclic) bond motifs is 1. The minimum atomic E-state index is -1.11. The van der Waals surface area contributed by atoms with E-state index in [1.54, 1.807) is 19.2 Å². The van der Waals surface area contributed by atoms with Crippen molar-refractivity contribution in [3.05, 3.63) is 29.3 Å². The Morgan fingerprint density at radius 2 is 2.31 bits per heavy atom. The highest BCUT2D eigenvalue weighted by Gasteiger charge is 2.38. The number of ether oxygens (including phenoxy) is 1. The van der Waals surface area contributed by atoms with Gasteiger partial charge in [-0.3, -0.25) is 4.79 Å². The first-order valence-corrected chi connectivity index (χ1v) is 5.22. The van der Waals surface area contributed by atoms with Crippen LogP contribution in [0.2, 0.25) is 0 Å². The van der Waals surface area contributed by atoms with E-state index in [9.17, 15) is 9.90 Å². The van der Waals surface area contributed by atoms with E-state index in [2.05, 4.69) is 0 Å². The lowest BCUT2D eigenvalue weighted by Crippen LogP contribution is -2.53. The van der Waals surface area contributed by atoms with Gasteiger partial charge in [0.1, 0.15) is 11.3 Å². The molecule has 0 saturated carbocycles. The van der Waals surface area contributed by atoms with E-state index in [0.29, 0.717) is 18.4 Å². The molecule has 1 aromatic rings. The Bertz CT molecular complexity index is 430. The largest absolute Gasteiger partial charge is 0.497 e. The summed E-state index contributed by atoms with van der Waals surface area (Å²) in [5.74, 6) is 0.555. The zero-order valence-corrected chi connectivity index (χ0v) is 9.19. The summed E-state index contributed by atoms with van der Waals surface area (Å²) in [4.78, 5) is 12.0. The lowest BCUT2D eigenvalue weighted by molar-refractivity contribution is 0.0780. The number of nitrogens with two attached hydrogens (primary N) is 1. The number of rotatable bonds is 2. The Hall–Kier alpha value is -1.39. The van der Waals surface area contributed by atoms with E-state index in [4.69, 9.17) is 10.5 Å². The Balaban J connectivity index is 2.43. The summed E-state index contributed by atoms with van der Waals surface area (Å²) in [6.45, 7) is -0.308. The fourth-order valence-corrected chi connectivity index (χ4v) is 2.02. The van der Waals surface area contributed by atoms with Crippen molar-refractivity contribution < 1.29 is 14.6 Å². The lowest BCUT2D eigenvalue weighted by atomic mass is 9.78. The zero-order chi connectivity index (χ0) is 11.8. The second-order valence-corrected chi connectivity index (χ2v) is 4.17. The second-order valence-electron chi connectivity index (χ2n) is 4.17. The highest BCUT2D eigenvalue weighted by molar-refractivity contribution is 6.05. The van der Waals surface area contributed by atoms with E-state index in [0.717, 1.165) is 11.3 Å². The molecule has 1 aliphatic carbocycles. The van der Waals surface area contributed by atoms with Gasteiger partial charge in [-0.1, -0.05) is 0 Å². The van der Waals surface area contributed by atoms with Crippen LogP contribution in [0.3, 0.4) is 0 Å². The Labute approximate surface area is 94.0 Å². The van der Waals surface area contributed by atoms with E-state index in [1.807, 2.05) is 6.07 Å². The number of hydrogen-bond acceptors (Lipinski definition) is 4. The highest BCUT2D eigenvalue weighted by atomic mass is 16.5. The van der Waals surface area contributed by atoms with Gasteiger partial charge in [-0.05, 0) is 36.6 Å². The fraction of sp³-hybridized carbons (Fsp3) is 0.417. The van der Waals surface area contributed by atoms with Crippen molar-refractivity contribution >= 4 is 5.78 Å². The predicted molar refractivity (Wildman–Crippen MR) is 59.6 cm³/mol. The molecule has 1 unspecified atom stereocenters. The molecule has 86 valence electrons. The molecule has 0 bridgehead atoms. The van der Waals surface area contributed by atoms with Gasteiger partial charge in [-0.2, -0.15) is 0 Å². The van der Waals surface area contributed by atoms with Gasteiger partial charge in [0.2, 0.25) is 0 Å². The Morgan fingerprint density at radius 1 is 1.56 bits per heavy atom. The second kappa shape index (κ2) is 3.88. The molecule has 0 fully saturated rings. The third-order valence-electron chi connectivity index (χ3n) is 3.13. The van der Waals surface area contributed by atoms with Crippen LogP contribution >= 0.6 is 0 Å². The first-order chi connectivity index (χ1) is 7.60. The van der Waals surface area contributed by atoms with Gasteiger partial charge in [-0.25, -0.2) is 0 Å². The quantitative estimate of drug-likeness (QED) is 0.763. The van der Waals surface area contributed by atoms with E-state index < -0.39 is 5.54 Å². The van der Waals surface area contributed by atoms with Crippen LogP contribution in [0.15, 0.2) is 18.2 Å². The van der Waals surface area contributed by atoms with Crippen molar-refractivity contribution in [2.45, 2.75) is 18.4 Å². The van der Waals surface area contributed by atoms with Crippen LogP contribution in [-0.4, -0.2) is 30.1 Å². The maximum absolute atomic E-state index is 12.0. The predicted octanol–water partition coefficient (Wildman–Crippen LogP) is 0.514. The van der Waals surface area contributed by atoms with Gasteiger partial charge in [0.25, 0.3) is 0 Å². The van der Waals surface area contributed by atoms with Gasteiger partial charge < -0.3 is 15.6 Å².